The number of benzene rings is 1. The highest BCUT2D eigenvalue weighted by atomic mass is 35.5. The summed E-state index contributed by atoms with van der Waals surface area (Å²) < 4.78 is 52.9. The minimum Gasteiger partial charge on any atom is -0.285 e. The SMILES string of the molecule is CC(=O)OOc1cc(-n2ncc(C(F)(F)F)c(C)c2=O)c(F)cc1Cl. The van der Waals surface area contributed by atoms with Crippen molar-refractivity contribution in [2.45, 2.75) is 20.0 Å². The molecule has 0 N–H and O–H groups in total. The molecule has 25 heavy (non-hydrogen) atoms. The Labute approximate surface area is 142 Å². The zero-order chi connectivity index (χ0) is 18.9. The Morgan fingerprint density at radius 1 is 1.32 bits per heavy atom. The van der Waals surface area contributed by atoms with Crippen LogP contribution in [0.2, 0.25) is 5.02 Å². The highest BCUT2D eigenvalue weighted by molar-refractivity contribution is 6.32. The fourth-order valence-electron chi connectivity index (χ4n) is 1.84. The maximum Gasteiger partial charge on any atom is 0.418 e. The van der Waals surface area contributed by atoms with Crippen LogP contribution < -0.4 is 10.4 Å². The predicted molar refractivity (Wildman–Crippen MR) is 76.9 cm³/mol. The summed E-state index contributed by atoms with van der Waals surface area (Å²) in [4.78, 5) is 31.7. The van der Waals surface area contributed by atoms with E-state index >= 15 is 0 Å². The van der Waals surface area contributed by atoms with Gasteiger partial charge in [0.05, 0.1) is 16.8 Å². The molecule has 0 spiro atoms. The van der Waals surface area contributed by atoms with E-state index in [4.69, 9.17) is 11.6 Å². The fraction of sp³-hybridized carbons (Fsp3) is 0.214. The molecule has 0 bridgehead atoms. The summed E-state index contributed by atoms with van der Waals surface area (Å²) >= 11 is 5.72. The van der Waals surface area contributed by atoms with Crippen LogP contribution in [-0.2, 0) is 15.9 Å². The van der Waals surface area contributed by atoms with E-state index in [1.807, 2.05) is 0 Å². The molecule has 0 amide bonds. The van der Waals surface area contributed by atoms with Crippen molar-refractivity contribution >= 4 is 17.6 Å². The van der Waals surface area contributed by atoms with Crippen LogP contribution in [0.5, 0.6) is 5.75 Å². The summed E-state index contributed by atoms with van der Waals surface area (Å²) in [6.07, 6.45) is -4.38. The second-order valence-corrected chi connectivity index (χ2v) is 5.20. The van der Waals surface area contributed by atoms with Crippen LogP contribution in [0.3, 0.4) is 0 Å². The number of halogens is 5. The average Bonchev–Trinajstić information content (AvgIpc) is 2.48. The van der Waals surface area contributed by atoms with Gasteiger partial charge < -0.3 is 0 Å². The third-order valence-corrected chi connectivity index (χ3v) is 3.30. The second-order valence-electron chi connectivity index (χ2n) is 4.79. The van der Waals surface area contributed by atoms with Crippen LogP contribution in [0.1, 0.15) is 18.1 Å². The summed E-state index contributed by atoms with van der Waals surface area (Å²) in [5, 5.41) is 3.05. The molecule has 11 heteroatoms. The van der Waals surface area contributed by atoms with Crippen molar-refractivity contribution in [2.24, 2.45) is 0 Å². The smallest absolute Gasteiger partial charge is 0.285 e. The van der Waals surface area contributed by atoms with Gasteiger partial charge in [0.15, 0.2) is 11.6 Å². The van der Waals surface area contributed by atoms with Gasteiger partial charge in [-0.1, -0.05) is 11.6 Å². The molecular weight excluding hydrogens is 372 g/mol. The summed E-state index contributed by atoms with van der Waals surface area (Å²) in [7, 11) is 0. The monoisotopic (exact) mass is 380 g/mol. The van der Waals surface area contributed by atoms with Crippen molar-refractivity contribution in [2.75, 3.05) is 0 Å². The maximum atomic E-state index is 14.1. The maximum absolute atomic E-state index is 14.1. The van der Waals surface area contributed by atoms with Crippen molar-refractivity contribution in [3.63, 3.8) is 0 Å². The quantitative estimate of drug-likeness (QED) is 0.464. The number of rotatable bonds is 3. The normalized spacial score (nSPS) is 11.3. The number of alkyl halides is 3. The number of hydrogen-bond donors (Lipinski definition) is 0. The molecule has 6 nitrogen and oxygen atoms in total. The molecule has 0 saturated carbocycles. The van der Waals surface area contributed by atoms with E-state index in [2.05, 4.69) is 14.9 Å². The Kier molecular flexibility index (Phi) is 5.02. The van der Waals surface area contributed by atoms with E-state index < -0.39 is 40.3 Å². The zero-order valence-electron chi connectivity index (χ0n) is 12.6. The van der Waals surface area contributed by atoms with Gasteiger partial charge >= 0.3 is 12.1 Å². The first-order valence-electron chi connectivity index (χ1n) is 6.53. The van der Waals surface area contributed by atoms with Crippen molar-refractivity contribution in [1.29, 1.82) is 0 Å². The lowest BCUT2D eigenvalue weighted by Gasteiger charge is -2.13. The molecule has 0 aliphatic heterocycles. The Balaban J connectivity index is 2.59. The van der Waals surface area contributed by atoms with Crippen LogP contribution in [-0.4, -0.2) is 15.7 Å². The van der Waals surface area contributed by atoms with Gasteiger partial charge in [-0.2, -0.15) is 23.0 Å². The lowest BCUT2D eigenvalue weighted by Crippen LogP contribution is -2.27. The van der Waals surface area contributed by atoms with E-state index in [0.717, 1.165) is 26.0 Å². The van der Waals surface area contributed by atoms with E-state index in [1.54, 1.807) is 0 Å². The van der Waals surface area contributed by atoms with Crippen molar-refractivity contribution in [3.8, 4) is 11.4 Å². The molecule has 0 unspecified atom stereocenters. The molecule has 1 heterocycles. The highest BCUT2D eigenvalue weighted by Crippen LogP contribution is 2.31. The summed E-state index contributed by atoms with van der Waals surface area (Å²) in [5.74, 6) is -2.21. The number of nitrogens with zero attached hydrogens (tertiary/aromatic N) is 2. The molecule has 0 saturated heterocycles. The summed E-state index contributed by atoms with van der Waals surface area (Å²) in [5.41, 5.74) is -3.62. The van der Waals surface area contributed by atoms with Gasteiger partial charge in [0.2, 0.25) is 0 Å². The second kappa shape index (κ2) is 6.71. The van der Waals surface area contributed by atoms with Crippen molar-refractivity contribution in [3.05, 3.63) is 50.7 Å². The number of aromatic nitrogens is 2. The van der Waals surface area contributed by atoms with Gasteiger partial charge in [0.25, 0.3) is 5.56 Å². The molecule has 1 aromatic heterocycles. The standard InChI is InChI=1S/C14H9ClF4N2O4/c1-6-8(14(17,18)19)5-20-21(13(6)23)11-4-12(25-24-7(2)22)9(15)3-10(11)16/h3-5H,1-2H3. The topological polar surface area (TPSA) is 70.4 Å². The molecule has 134 valence electrons. The lowest BCUT2D eigenvalue weighted by molar-refractivity contribution is -0.210. The van der Waals surface area contributed by atoms with Gasteiger partial charge in [-0.25, -0.2) is 9.18 Å². The minimum absolute atomic E-state index is 0.292. The molecule has 1 aromatic carbocycles. The first-order valence-corrected chi connectivity index (χ1v) is 6.90. The lowest BCUT2D eigenvalue weighted by atomic mass is 10.2. The Morgan fingerprint density at radius 2 is 1.96 bits per heavy atom. The Morgan fingerprint density at radius 3 is 2.52 bits per heavy atom. The number of carbonyl (C=O) groups excluding carboxylic acids is 1. The van der Waals surface area contributed by atoms with Crippen LogP contribution in [0.15, 0.2) is 23.1 Å². The van der Waals surface area contributed by atoms with Crippen LogP contribution in [0.4, 0.5) is 17.6 Å². The van der Waals surface area contributed by atoms with E-state index in [1.165, 1.54) is 0 Å². The molecular formula is C14H9ClF4N2O4. The van der Waals surface area contributed by atoms with Crippen molar-refractivity contribution in [1.82, 2.24) is 9.78 Å². The third-order valence-electron chi connectivity index (χ3n) is 3.00. The van der Waals surface area contributed by atoms with Crippen molar-refractivity contribution < 1.29 is 32.1 Å². The largest absolute Gasteiger partial charge is 0.418 e. The van der Waals surface area contributed by atoms with E-state index in [9.17, 15) is 27.2 Å². The molecule has 2 aromatic rings. The molecule has 0 fully saturated rings. The zero-order valence-corrected chi connectivity index (χ0v) is 13.4. The minimum atomic E-state index is -4.78. The van der Waals surface area contributed by atoms with Gasteiger partial charge in [-0.05, 0) is 13.0 Å². The van der Waals surface area contributed by atoms with E-state index in [-0.39, 0.29) is 10.8 Å². The van der Waals surface area contributed by atoms with Crippen LogP contribution >= 0.6 is 11.6 Å². The molecule has 2 rings (SSSR count). The number of hydrogen-bond acceptors (Lipinski definition) is 5. The Bertz CT molecular complexity index is 896. The van der Waals surface area contributed by atoms with Crippen LogP contribution in [0, 0.1) is 12.7 Å². The third kappa shape index (κ3) is 3.90. The average molecular weight is 381 g/mol. The van der Waals surface area contributed by atoms with Crippen LogP contribution in [0.25, 0.3) is 5.69 Å². The van der Waals surface area contributed by atoms with E-state index in [0.29, 0.717) is 10.9 Å². The highest BCUT2D eigenvalue weighted by Gasteiger charge is 2.34. The van der Waals surface area contributed by atoms with Gasteiger partial charge in [-0.15, -0.1) is 0 Å². The summed E-state index contributed by atoms with van der Waals surface area (Å²) in [6, 6.07) is 1.60. The molecule has 0 aliphatic rings. The summed E-state index contributed by atoms with van der Waals surface area (Å²) in [6.45, 7) is 1.97. The van der Waals surface area contributed by atoms with Gasteiger partial charge in [0.1, 0.15) is 5.69 Å². The van der Waals surface area contributed by atoms with Gasteiger partial charge in [-0.3, -0.25) is 14.6 Å². The predicted octanol–water partition coefficient (Wildman–Crippen LogP) is 3.21. The first kappa shape index (κ1) is 18.7. The fourth-order valence-corrected chi connectivity index (χ4v) is 2.03. The first-order chi connectivity index (χ1) is 11.5. The van der Waals surface area contributed by atoms with Gasteiger partial charge in [0, 0.05) is 18.6 Å². The number of carbonyl (C=O) groups is 1. The Hall–Kier alpha value is -2.62. The molecule has 0 radical (unpaired) electrons. The molecule has 0 atom stereocenters. The molecule has 0 aliphatic carbocycles.